The minimum atomic E-state index is -5.17. The summed E-state index contributed by atoms with van der Waals surface area (Å²) < 4.78 is 68.2. The molecule has 0 heterocycles. The van der Waals surface area contributed by atoms with Crippen molar-refractivity contribution in [1.29, 1.82) is 0 Å². The second-order valence-electron chi connectivity index (χ2n) is 0.816. The first-order valence-corrected chi connectivity index (χ1v) is 4.00. The molecule has 15 heteroatoms. The van der Waals surface area contributed by atoms with E-state index in [2.05, 4.69) is 0 Å². The molecule has 0 rings (SSSR count). The maximum atomic E-state index is 8.52. The van der Waals surface area contributed by atoms with E-state index in [1.54, 1.807) is 0 Å². The lowest BCUT2D eigenvalue weighted by Crippen LogP contribution is -1.91. The fourth-order valence-corrected chi connectivity index (χ4v) is 0. The molecule has 0 unspecified atom stereocenters. The third-order valence-corrected chi connectivity index (χ3v) is 0. The van der Waals surface area contributed by atoms with Crippen LogP contribution in [0.1, 0.15) is 0 Å². The Kier molecular flexibility index (Phi) is 50.0. The van der Waals surface area contributed by atoms with E-state index >= 15 is 0 Å². The summed E-state index contributed by atoms with van der Waals surface area (Å²) in [5.41, 5.74) is 0. The first kappa shape index (κ1) is 46.9. The van der Waals surface area contributed by atoms with Crippen LogP contribution in [-0.4, -0.2) is 40.5 Å². The van der Waals surface area contributed by atoms with E-state index in [9.17, 15) is 0 Å². The highest BCUT2D eigenvalue weighted by molar-refractivity contribution is 7.79. The van der Waals surface area contributed by atoms with Gasteiger partial charge in [0.15, 0.2) is 0 Å². The van der Waals surface area contributed by atoms with Gasteiger partial charge in [0, 0.05) is 20.8 Å². The summed E-state index contributed by atoms with van der Waals surface area (Å²) in [6, 6.07) is 0. The molecule has 13 nitrogen and oxygen atoms in total. The molecule has 0 spiro atoms. The van der Waals surface area contributed by atoms with Gasteiger partial charge in [0.1, 0.15) is 0 Å². The molecule has 0 amide bonds. The molecule has 0 radical (unpaired) electrons. The van der Waals surface area contributed by atoms with E-state index in [1.165, 1.54) is 0 Å². The van der Waals surface area contributed by atoms with Crippen LogP contribution >= 0.6 is 0 Å². The van der Waals surface area contributed by atoms with Crippen molar-refractivity contribution in [2.75, 3.05) is 0 Å². The average Bonchev–Trinajstić information content (AvgIpc) is 1.12. The van der Waals surface area contributed by atoms with Gasteiger partial charge in [-0.3, -0.25) is 16.8 Å². The SMILES string of the molecule is O.O=S(=O)([O-])[O-].O=S(=O)([O-])[O-].[NH4+].[NH4+].[NH4+].[NH4+]. The molecule has 0 bridgehead atoms. The maximum Gasteiger partial charge on any atom is 0.0311 e. The zero-order chi connectivity index (χ0) is 9.00. The van der Waals surface area contributed by atoms with Gasteiger partial charge in [-0.05, 0) is 0 Å². The second kappa shape index (κ2) is 16.0. The first-order chi connectivity index (χ1) is 4.00. The van der Waals surface area contributed by atoms with Crippen molar-refractivity contribution in [2.24, 2.45) is 0 Å². The lowest BCUT2D eigenvalue weighted by Gasteiger charge is -2.06. The smallest absolute Gasteiger partial charge is 0.0311 e. The Morgan fingerprint density at radius 3 is 0.533 bits per heavy atom. The molecule has 104 valence electrons. The van der Waals surface area contributed by atoms with Gasteiger partial charge in [0.05, 0.1) is 0 Å². The molecular formula is H18N4O9S2. The Hall–Kier alpha value is -0.460. The van der Waals surface area contributed by atoms with Gasteiger partial charge in [-0.15, -0.1) is 0 Å². The highest BCUT2D eigenvalue weighted by Gasteiger charge is 1.50. The van der Waals surface area contributed by atoms with Crippen LogP contribution in [0.2, 0.25) is 0 Å². The number of quaternary nitrogens is 4. The summed E-state index contributed by atoms with van der Waals surface area (Å²) in [5.74, 6) is 0. The fraction of sp³-hybridized carbons (Fsp3) is 0. The third kappa shape index (κ3) is 8520. The summed E-state index contributed by atoms with van der Waals surface area (Å²) in [6.45, 7) is 0. The predicted molar refractivity (Wildman–Crippen MR) is 48.5 cm³/mol. The zero-order valence-corrected chi connectivity index (χ0v) is 10.2. The molecule has 15 heavy (non-hydrogen) atoms. The van der Waals surface area contributed by atoms with Gasteiger partial charge in [-0.25, -0.2) is 0 Å². The fourth-order valence-electron chi connectivity index (χ4n) is 0. The van der Waals surface area contributed by atoms with Gasteiger partial charge < -0.3 is 48.3 Å². The minimum Gasteiger partial charge on any atom is -0.759 e. The normalized spacial score (nSPS) is 7.73. The Morgan fingerprint density at radius 2 is 0.533 bits per heavy atom. The van der Waals surface area contributed by atoms with E-state index in [0.29, 0.717) is 0 Å². The van der Waals surface area contributed by atoms with Gasteiger partial charge >= 0.3 is 0 Å². The van der Waals surface area contributed by atoms with E-state index < -0.39 is 20.8 Å². The molecule has 0 saturated carbocycles. The van der Waals surface area contributed by atoms with E-state index in [1.807, 2.05) is 0 Å². The Morgan fingerprint density at radius 1 is 0.533 bits per heavy atom. The summed E-state index contributed by atoms with van der Waals surface area (Å²) in [4.78, 5) is 0. The average molecular weight is 282 g/mol. The van der Waals surface area contributed by atoms with Crippen molar-refractivity contribution in [1.82, 2.24) is 24.6 Å². The van der Waals surface area contributed by atoms with Crippen LogP contribution in [0.4, 0.5) is 0 Å². The molecule has 0 aromatic heterocycles. The summed E-state index contributed by atoms with van der Waals surface area (Å²) in [5, 5.41) is 0. The molecule has 0 aromatic carbocycles. The molecule has 0 aliphatic rings. The van der Waals surface area contributed by atoms with E-state index in [4.69, 9.17) is 35.0 Å². The van der Waals surface area contributed by atoms with Crippen LogP contribution in [0.5, 0.6) is 0 Å². The lowest BCUT2D eigenvalue weighted by molar-refractivity contribution is 0.350. The maximum absolute atomic E-state index is 8.52. The van der Waals surface area contributed by atoms with Crippen molar-refractivity contribution in [2.45, 2.75) is 0 Å². The van der Waals surface area contributed by atoms with Crippen molar-refractivity contribution in [3.8, 4) is 0 Å². The Bertz CT molecular complexity index is 216. The second-order valence-corrected chi connectivity index (χ2v) is 2.45. The molecule has 0 fully saturated rings. The molecule has 18 N–H and O–H groups in total. The van der Waals surface area contributed by atoms with Crippen molar-refractivity contribution >= 4 is 20.8 Å². The van der Waals surface area contributed by atoms with Gasteiger partial charge in [-0.1, -0.05) is 0 Å². The highest BCUT2D eigenvalue weighted by atomic mass is 32.3. The molecule has 0 aromatic rings. The monoisotopic (exact) mass is 282 g/mol. The van der Waals surface area contributed by atoms with Crippen LogP contribution in [-0.2, 0) is 20.8 Å². The quantitative estimate of drug-likeness (QED) is 0.283. The minimum absolute atomic E-state index is 0. The van der Waals surface area contributed by atoms with Crippen LogP contribution in [0.15, 0.2) is 0 Å². The van der Waals surface area contributed by atoms with E-state index in [-0.39, 0.29) is 30.1 Å². The number of hydrogen-bond acceptors (Lipinski definition) is 8. The van der Waals surface area contributed by atoms with Gasteiger partial charge in [0.2, 0.25) is 0 Å². The molecule has 0 saturated heterocycles. The highest BCUT2D eigenvalue weighted by Crippen LogP contribution is 1.58. The van der Waals surface area contributed by atoms with Crippen molar-refractivity contribution in [3.63, 3.8) is 0 Å². The summed E-state index contributed by atoms with van der Waals surface area (Å²) in [6.07, 6.45) is 0. The molecule has 0 aliphatic carbocycles. The topological polar surface area (TPSA) is 338 Å². The van der Waals surface area contributed by atoms with Crippen LogP contribution < -0.4 is 24.6 Å². The molecule has 0 aliphatic heterocycles. The summed E-state index contributed by atoms with van der Waals surface area (Å²) in [7, 11) is -10.3. The molecule has 0 atom stereocenters. The Balaban J connectivity index is -0.0000000128. The Labute approximate surface area is 86.7 Å². The van der Waals surface area contributed by atoms with Crippen LogP contribution in [0, 0.1) is 0 Å². The number of rotatable bonds is 0. The third-order valence-electron chi connectivity index (χ3n) is 0. The van der Waals surface area contributed by atoms with Crippen molar-refractivity contribution < 1.29 is 40.5 Å². The first-order valence-electron chi connectivity index (χ1n) is 1.33. The van der Waals surface area contributed by atoms with E-state index in [0.717, 1.165) is 0 Å². The molecular weight excluding hydrogens is 264 g/mol. The standard InChI is InChI=1S/4H3N.2H2O4S.H2O/c;;;;2*1-5(2,3)4;/h4*1H3;2*(H2,1,2,3,4);1H2. The lowest BCUT2D eigenvalue weighted by atomic mass is 14.0. The van der Waals surface area contributed by atoms with Crippen molar-refractivity contribution in [3.05, 3.63) is 0 Å². The predicted octanol–water partition coefficient (Wildman–Crippen LogP) is -2.00. The van der Waals surface area contributed by atoms with Gasteiger partial charge in [-0.2, -0.15) is 0 Å². The zero-order valence-electron chi connectivity index (χ0n) is 8.58. The van der Waals surface area contributed by atoms with Crippen LogP contribution in [0.3, 0.4) is 0 Å². The summed E-state index contributed by atoms with van der Waals surface area (Å²) >= 11 is 0. The largest absolute Gasteiger partial charge is 0.759 e. The number of hydrogen-bond donors (Lipinski definition) is 4. The van der Waals surface area contributed by atoms with Crippen LogP contribution in [0.25, 0.3) is 0 Å². The van der Waals surface area contributed by atoms with Gasteiger partial charge in [0.25, 0.3) is 0 Å².